The second-order valence-corrected chi connectivity index (χ2v) is 15.2. The zero-order chi connectivity index (χ0) is 39.0. The summed E-state index contributed by atoms with van der Waals surface area (Å²) in [5.41, 5.74) is 13.7. The first kappa shape index (κ1) is 33.2. The quantitative estimate of drug-likeness (QED) is 0.159. The molecule has 0 saturated heterocycles. The highest BCUT2D eigenvalue weighted by atomic mass is 16.1. The predicted octanol–water partition coefficient (Wildman–Crippen LogP) is 13.3. The van der Waals surface area contributed by atoms with Gasteiger partial charge in [0.05, 0.1) is 39.3 Å². The third-order valence-electron chi connectivity index (χ3n) is 11.9. The lowest BCUT2D eigenvalue weighted by Gasteiger charge is -2.10. The Balaban J connectivity index is 1.05. The highest BCUT2D eigenvalue weighted by molar-refractivity contribution is 6.20. The Kier molecular flexibility index (Phi) is 7.31. The molecule has 5 heteroatoms. The molecule has 0 fully saturated rings. The molecule has 0 spiro atoms. The highest BCUT2D eigenvalue weighted by Gasteiger charge is 2.20. The Hall–Kier alpha value is -8.02. The van der Waals surface area contributed by atoms with Gasteiger partial charge in [-0.2, -0.15) is 0 Å². The molecule has 8 aromatic carbocycles. The zero-order valence-corrected chi connectivity index (χ0v) is 31.8. The van der Waals surface area contributed by atoms with Crippen LogP contribution in [-0.4, -0.2) is 24.5 Å². The number of hydrogen-bond donors (Lipinski definition) is 0. The fraction of sp³-hybridized carbons (Fsp3) is 0. The first-order valence-electron chi connectivity index (χ1n) is 19.9. The molecule has 0 unspecified atom stereocenters. The van der Waals surface area contributed by atoms with Crippen LogP contribution in [0.2, 0.25) is 0 Å². The van der Waals surface area contributed by atoms with Crippen LogP contribution in [0.3, 0.4) is 0 Å². The number of carbonyl (C=O) groups excluding carboxylic acids is 1. The van der Waals surface area contributed by atoms with Gasteiger partial charge in [-0.1, -0.05) is 97.1 Å². The average molecular weight is 755 g/mol. The smallest absolute Gasteiger partial charge is 0.193 e. The molecule has 0 aliphatic heterocycles. The molecule has 4 aromatic heterocycles. The van der Waals surface area contributed by atoms with E-state index in [2.05, 4.69) is 158 Å². The fourth-order valence-corrected chi connectivity index (χ4v) is 9.22. The molecule has 4 heterocycles. The predicted molar refractivity (Wildman–Crippen MR) is 243 cm³/mol. The first-order valence-corrected chi connectivity index (χ1v) is 19.9. The van der Waals surface area contributed by atoms with Crippen LogP contribution in [0.5, 0.6) is 0 Å². The lowest BCUT2D eigenvalue weighted by Crippen LogP contribution is -2.01. The standard InChI is InChI=1S/C54H34N4O/c59-54(35-12-4-1-5-13-35)36-20-24-41(25-21-36)58-49-26-22-37(30-44(49)43-28-29-55-34-53(43)58)38-23-27-50-45(31-38)47-33-51-46(32-52(47)57(50)40-16-8-3-9-17-40)42-18-10-11-19-48(42)56(51)39-14-6-2-7-15-39/h1-34H. The molecule has 0 atom stereocenters. The van der Waals surface area contributed by atoms with Crippen LogP contribution in [0.1, 0.15) is 15.9 Å². The lowest BCUT2D eigenvalue weighted by molar-refractivity contribution is 0.103. The molecule has 0 saturated carbocycles. The van der Waals surface area contributed by atoms with Crippen molar-refractivity contribution in [3.05, 3.63) is 218 Å². The van der Waals surface area contributed by atoms with Crippen molar-refractivity contribution < 1.29 is 4.79 Å². The van der Waals surface area contributed by atoms with Gasteiger partial charge in [0.25, 0.3) is 0 Å². The number of carbonyl (C=O) groups is 1. The number of para-hydroxylation sites is 3. The van der Waals surface area contributed by atoms with Gasteiger partial charge < -0.3 is 13.7 Å². The van der Waals surface area contributed by atoms with Crippen molar-refractivity contribution >= 4 is 71.2 Å². The van der Waals surface area contributed by atoms with Crippen molar-refractivity contribution in [3.63, 3.8) is 0 Å². The fourth-order valence-electron chi connectivity index (χ4n) is 9.22. The van der Waals surface area contributed by atoms with Crippen LogP contribution in [0.4, 0.5) is 0 Å². The van der Waals surface area contributed by atoms with Crippen molar-refractivity contribution in [1.82, 2.24) is 18.7 Å². The number of fused-ring (bicyclic) bond motifs is 9. The van der Waals surface area contributed by atoms with Crippen LogP contribution < -0.4 is 0 Å². The number of pyridine rings is 1. The van der Waals surface area contributed by atoms with Crippen molar-refractivity contribution in [1.29, 1.82) is 0 Å². The van der Waals surface area contributed by atoms with Gasteiger partial charge in [-0.25, -0.2) is 0 Å². The Bertz CT molecular complexity index is 3600. The van der Waals surface area contributed by atoms with Gasteiger partial charge in [0, 0.05) is 66.7 Å². The summed E-state index contributed by atoms with van der Waals surface area (Å²) in [6.45, 7) is 0. The molecule has 0 radical (unpaired) electrons. The maximum atomic E-state index is 13.2. The summed E-state index contributed by atoms with van der Waals surface area (Å²) < 4.78 is 7.05. The summed E-state index contributed by atoms with van der Waals surface area (Å²) >= 11 is 0. The molecular weight excluding hydrogens is 721 g/mol. The summed E-state index contributed by atoms with van der Waals surface area (Å²) in [7, 11) is 0. The van der Waals surface area contributed by atoms with Crippen molar-refractivity contribution in [3.8, 4) is 28.2 Å². The number of aromatic nitrogens is 4. The van der Waals surface area contributed by atoms with E-state index >= 15 is 0 Å². The van der Waals surface area contributed by atoms with Gasteiger partial charge in [-0.15, -0.1) is 0 Å². The van der Waals surface area contributed by atoms with Gasteiger partial charge in [-0.05, 0) is 108 Å². The zero-order valence-electron chi connectivity index (χ0n) is 31.8. The summed E-state index contributed by atoms with van der Waals surface area (Å²) in [4.78, 5) is 17.8. The normalized spacial score (nSPS) is 11.8. The molecule has 0 amide bonds. The van der Waals surface area contributed by atoms with Gasteiger partial charge >= 0.3 is 0 Å². The molecule has 12 rings (SSSR count). The summed E-state index contributed by atoms with van der Waals surface area (Å²) in [6, 6.07) is 67.9. The van der Waals surface area contributed by atoms with Crippen molar-refractivity contribution in [2.24, 2.45) is 0 Å². The first-order chi connectivity index (χ1) is 29.2. The average Bonchev–Trinajstić information content (AvgIpc) is 3.93. The molecule has 59 heavy (non-hydrogen) atoms. The van der Waals surface area contributed by atoms with Gasteiger partial charge in [0.15, 0.2) is 5.78 Å². The topological polar surface area (TPSA) is 44.8 Å². The Labute approximate surface area is 339 Å². The van der Waals surface area contributed by atoms with Gasteiger partial charge in [0.1, 0.15) is 0 Å². The highest BCUT2D eigenvalue weighted by Crippen LogP contribution is 2.42. The third kappa shape index (κ3) is 5.12. The van der Waals surface area contributed by atoms with E-state index in [-0.39, 0.29) is 5.78 Å². The number of rotatable bonds is 6. The minimum absolute atomic E-state index is 0.0116. The van der Waals surface area contributed by atoms with Crippen molar-refractivity contribution in [2.45, 2.75) is 0 Å². The lowest BCUT2D eigenvalue weighted by atomic mass is 10.0. The molecular formula is C54H34N4O. The SMILES string of the molecule is O=C(c1ccccc1)c1ccc(-n2c3ccc(-c4ccc5c(c4)c4cc6c(cc4n5-c4ccccc4)c4ccccc4n6-c4ccccc4)cc3c3ccncc32)cc1. The Morgan fingerprint density at radius 3 is 1.41 bits per heavy atom. The largest absolute Gasteiger partial charge is 0.309 e. The van der Waals surface area contributed by atoms with Gasteiger partial charge in [0.2, 0.25) is 0 Å². The molecule has 276 valence electrons. The van der Waals surface area contributed by atoms with Gasteiger partial charge in [-0.3, -0.25) is 9.78 Å². The summed E-state index contributed by atoms with van der Waals surface area (Å²) in [5, 5.41) is 7.13. The molecule has 0 N–H and O–H groups in total. The van der Waals surface area contributed by atoms with E-state index in [0.717, 1.165) is 55.5 Å². The van der Waals surface area contributed by atoms with Crippen LogP contribution in [0, 0.1) is 0 Å². The van der Waals surface area contributed by atoms with Crippen LogP contribution >= 0.6 is 0 Å². The number of nitrogens with zero attached hydrogens (tertiary/aromatic N) is 4. The maximum Gasteiger partial charge on any atom is 0.193 e. The Morgan fingerprint density at radius 1 is 0.339 bits per heavy atom. The maximum absolute atomic E-state index is 13.2. The van der Waals surface area contributed by atoms with E-state index < -0.39 is 0 Å². The van der Waals surface area contributed by atoms with Crippen molar-refractivity contribution in [2.75, 3.05) is 0 Å². The molecule has 12 aromatic rings. The van der Waals surface area contributed by atoms with Crippen LogP contribution in [0.25, 0.3) is 93.6 Å². The number of ketones is 1. The monoisotopic (exact) mass is 754 g/mol. The minimum Gasteiger partial charge on any atom is -0.309 e. The molecule has 0 aliphatic carbocycles. The van der Waals surface area contributed by atoms with E-state index in [0.29, 0.717) is 11.1 Å². The molecule has 0 aliphatic rings. The minimum atomic E-state index is 0.0116. The van der Waals surface area contributed by atoms with E-state index in [1.54, 1.807) is 0 Å². The summed E-state index contributed by atoms with van der Waals surface area (Å²) in [5.74, 6) is 0.0116. The third-order valence-corrected chi connectivity index (χ3v) is 11.9. The van der Waals surface area contributed by atoms with E-state index in [1.807, 2.05) is 67.0 Å². The molecule has 0 bridgehead atoms. The van der Waals surface area contributed by atoms with Crippen LogP contribution in [-0.2, 0) is 0 Å². The summed E-state index contributed by atoms with van der Waals surface area (Å²) in [6.07, 6.45) is 3.79. The second-order valence-electron chi connectivity index (χ2n) is 15.2. The van der Waals surface area contributed by atoms with E-state index in [1.165, 1.54) is 38.1 Å². The van der Waals surface area contributed by atoms with E-state index in [4.69, 9.17) is 0 Å². The van der Waals surface area contributed by atoms with Crippen LogP contribution in [0.15, 0.2) is 207 Å². The number of benzene rings is 8. The Morgan fingerprint density at radius 2 is 0.780 bits per heavy atom. The number of hydrogen-bond acceptors (Lipinski definition) is 2. The molecule has 5 nitrogen and oxygen atoms in total. The van der Waals surface area contributed by atoms with E-state index in [9.17, 15) is 4.79 Å². The second kappa shape index (κ2) is 13.0.